The first-order valence-corrected chi connectivity index (χ1v) is 12.5. The largest absolute Gasteiger partial charge is 0.493 e. The number of methoxy groups -OCH3 is 2. The van der Waals surface area contributed by atoms with Crippen LogP contribution >= 0.6 is 11.6 Å². The second kappa shape index (κ2) is 9.36. The predicted octanol–water partition coefficient (Wildman–Crippen LogP) is 3.51. The van der Waals surface area contributed by atoms with Gasteiger partial charge in [-0.05, 0) is 73.7 Å². The molecule has 2 heterocycles. The molecular weight excluding hydrogens is 436 g/mol. The Balaban J connectivity index is 1.73. The quantitative estimate of drug-likeness (QED) is 0.705. The molecule has 0 aliphatic carbocycles. The Morgan fingerprint density at radius 2 is 1.71 bits per heavy atom. The molecule has 2 aromatic carbocycles. The van der Waals surface area contributed by atoms with Crippen LogP contribution in [0, 0.1) is 5.92 Å². The summed E-state index contributed by atoms with van der Waals surface area (Å²) in [6, 6.07) is 10.8. The van der Waals surface area contributed by atoms with Crippen molar-refractivity contribution in [3.8, 4) is 11.5 Å². The van der Waals surface area contributed by atoms with Gasteiger partial charge in [-0.2, -0.15) is 0 Å². The van der Waals surface area contributed by atoms with Gasteiger partial charge in [-0.1, -0.05) is 23.7 Å². The second-order valence-electron chi connectivity index (χ2n) is 8.15. The van der Waals surface area contributed by atoms with Crippen LogP contribution in [-0.2, 0) is 22.8 Å². The number of nitrogens with one attached hydrogen (secondary N) is 1. The van der Waals surface area contributed by atoms with Crippen molar-refractivity contribution in [3.05, 3.63) is 52.5 Å². The normalized spacial score (nSPS) is 18.9. The fraction of sp³-hybridized carbons (Fsp3) is 0.478. The van der Waals surface area contributed by atoms with Crippen LogP contribution in [0.1, 0.15) is 24.0 Å². The highest BCUT2D eigenvalue weighted by Crippen LogP contribution is 2.38. The zero-order valence-electron chi connectivity index (χ0n) is 17.9. The lowest BCUT2D eigenvalue weighted by Crippen LogP contribution is -2.50. The molecule has 0 saturated carbocycles. The van der Waals surface area contributed by atoms with Gasteiger partial charge in [0.05, 0.1) is 24.1 Å². The Morgan fingerprint density at radius 1 is 1.06 bits per heavy atom. The van der Waals surface area contributed by atoms with Crippen LogP contribution in [0.15, 0.2) is 41.3 Å². The first kappa shape index (κ1) is 22.4. The molecule has 6 nitrogen and oxygen atoms in total. The van der Waals surface area contributed by atoms with Gasteiger partial charge in [0.2, 0.25) is 0 Å². The molecule has 2 aliphatic heterocycles. The minimum atomic E-state index is -3.65. The third kappa shape index (κ3) is 4.42. The molecule has 2 aromatic rings. The maximum atomic E-state index is 13.9. The summed E-state index contributed by atoms with van der Waals surface area (Å²) in [5.41, 5.74) is 2.25. The van der Waals surface area contributed by atoms with E-state index in [0.717, 1.165) is 37.9 Å². The number of benzene rings is 2. The summed E-state index contributed by atoms with van der Waals surface area (Å²) in [7, 11) is -0.408. The summed E-state index contributed by atoms with van der Waals surface area (Å²) < 4.78 is 38.7. The van der Waals surface area contributed by atoms with Crippen LogP contribution in [0.4, 0.5) is 0 Å². The highest BCUT2D eigenvalue weighted by atomic mass is 35.5. The average molecular weight is 465 g/mol. The molecule has 1 N–H and O–H groups in total. The number of rotatable bonds is 6. The summed E-state index contributed by atoms with van der Waals surface area (Å²) in [5, 5.41) is 3.02. The van der Waals surface area contributed by atoms with Gasteiger partial charge in [0, 0.05) is 13.1 Å². The Labute approximate surface area is 189 Å². The number of halogens is 1. The molecule has 2 aliphatic rings. The van der Waals surface area contributed by atoms with E-state index in [9.17, 15) is 8.42 Å². The third-order valence-corrected chi connectivity index (χ3v) is 9.09. The van der Waals surface area contributed by atoms with Crippen molar-refractivity contribution in [2.24, 2.45) is 5.92 Å². The highest BCUT2D eigenvalue weighted by Gasteiger charge is 2.41. The topological polar surface area (TPSA) is 67.9 Å². The minimum Gasteiger partial charge on any atom is -0.493 e. The highest BCUT2D eigenvalue weighted by molar-refractivity contribution is 7.92. The smallest absolute Gasteiger partial charge is 0.196 e. The van der Waals surface area contributed by atoms with Crippen LogP contribution < -0.4 is 14.8 Å². The fourth-order valence-electron chi connectivity index (χ4n) is 4.80. The summed E-state index contributed by atoms with van der Waals surface area (Å²) in [4.78, 5) is 2.33. The SMILES string of the molecule is COc1cc2c(cc1OC)CN(C(C1CCNCC1)S(=O)(=O)c1ccccc1Cl)CC2. The summed E-state index contributed by atoms with van der Waals surface area (Å²) in [6.07, 6.45) is 2.41. The number of sulfone groups is 1. The van der Waals surface area contributed by atoms with Gasteiger partial charge >= 0.3 is 0 Å². The zero-order valence-corrected chi connectivity index (χ0v) is 19.5. The van der Waals surface area contributed by atoms with Gasteiger partial charge in [0.25, 0.3) is 0 Å². The van der Waals surface area contributed by atoms with E-state index in [0.29, 0.717) is 24.6 Å². The zero-order chi connectivity index (χ0) is 22.0. The van der Waals surface area contributed by atoms with E-state index >= 15 is 0 Å². The first-order chi connectivity index (χ1) is 15.0. The summed E-state index contributed by atoms with van der Waals surface area (Å²) >= 11 is 6.34. The average Bonchev–Trinajstić information content (AvgIpc) is 2.79. The maximum absolute atomic E-state index is 13.9. The van der Waals surface area contributed by atoms with E-state index in [1.54, 1.807) is 38.5 Å². The molecule has 4 rings (SSSR count). The molecule has 1 saturated heterocycles. The van der Waals surface area contributed by atoms with Crippen LogP contribution in [0.2, 0.25) is 5.02 Å². The van der Waals surface area contributed by atoms with Crippen LogP contribution in [0.3, 0.4) is 0 Å². The van der Waals surface area contributed by atoms with Crippen molar-refractivity contribution in [2.45, 2.75) is 36.1 Å². The van der Waals surface area contributed by atoms with Gasteiger partial charge < -0.3 is 14.8 Å². The monoisotopic (exact) mass is 464 g/mol. The first-order valence-electron chi connectivity index (χ1n) is 10.6. The van der Waals surface area contributed by atoms with Gasteiger partial charge in [-0.3, -0.25) is 4.90 Å². The molecule has 0 radical (unpaired) electrons. The van der Waals surface area contributed by atoms with Crippen LogP contribution in [0.5, 0.6) is 11.5 Å². The predicted molar refractivity (Wildman–Crippen MR) is 122 cm³/mol. The lowest BCUT2D eigenvalue weighted by molar-refractivity contribution is 0.159. The number of nitrogens with zero attached hydrogens (tertiary/aromatic N) is 1. The Kier molecular flexibility index (Phi) is 6.77. The fourth-order valence-corrected chi connectivity index (χ4v) is 7.48. The standard InChI is InChI=1S/C23H29ClN2O4S/c1-29-20-13-17-9-12-26(15-18(17)14-21(20)30-2)23(16-7-10-25-11-8-16)31(27,28)22-6-4-3-5-19(22)24/h3-6,13-14,16,23,25H,7-12,15H2,1-2H3. The van der Waals surface area contributed by atoms with Crippen LogP contribution in [-0.4, -0.2) is 52.5 Å². The second-order valence-corrected chi connectivity index (χ2v) is 10.6. The third-order valence-electron chi connectivity index (χ3n) is 6.36. The summed E-state index contributed by atoms with van der Waals surface area (Å²) in [6.45, 7) is 2.87. The number of hydrogen-bond donors (Lipinski definition) is 1. The Morgan fingerprint density at radius 3 is 2.35 bits per heavy atom. The molecule has 0 spiro atoms. The lowest BCUT2D eigenvalue weighted by Gasteiger charge is -2.40. The van der Waals surface area contributed by atoms with Crippen molar-refractivity contribution in [1.82, 2.24) is 10.2 Å². The Hall–Kier alpha value is -1.80. The van der Waals surface area contributed by atoms with Crippen LogP contribution in [0.25, 0.3) is 0 Å². The molecule has 31 heavy (non-hydrogen) atoms. The van der Waals surface area contributed by atoms with Gasteiger partial charge in [-0.15, -0.1) is 0 Å². The molecular formula is C23H29ClN2O4S. The molecule has 1 unspecified atom stereocenters. The minimum absolute atomic E-state index is 0.0456. The number of ether oxygens (including phenoxy) is 2. The van der Waals surface area contributed by atoms with Gasteiger partial charge in [0.15, 0.2) is 21.3 Å². The van der Waals surface area contributed by atoms with E-state index in [4.69, 9.17) is 21.1 Å². The van der Waals surface area contributed by atoms with Crippen molar-refractivity contribution >= 4 is 21.4 Å². The van der Waals surface area contributed by atoms with E-state index in [1.807, 2.05) is 12.1 Å². The van der Waals surface area contributed by atoms with Gasteiger partial charge in [0.1, 0.15) is 5.37 Å². The van der Waals surface area contributed by atoms with E-state index in [1.165, 1.54) is 5.56 Å². The van der Waals surface area contributed by atoms with Crippen molar-refractivity contribution in [1.29, 1.82) is 0 Å². The Bertz CT molecular complexity index is 1040. The van der Waals surface area contributed by atoms with E-state index in [-0.39, 0.29) is 15.8 Å². The lowest BCUT2D eigenvalue weighted by atomic mass is 9.94. The van der Waals surface area contributed by atoms with Gasteiger partial charge in [-0.25, -0.2) is 8.42 Å². The maximum Gasteiger partial charge on any atom is 0.196 e. The number of piperidine rings is 1. The number of hydrogen-bond acceptors (Lipinski definition) is 6. The summed E-state index contributed by atoms with van der Waals surface area (Å²) in [5.74, 6) is 1.41. The molecule has 0 aromatic heterocycles. The molecule has 0 bridgehead atoms. The van der Waals surface area contributed by atoms with Crippen molar-refractivity contribution in [2.75, 3.05) is 33.9 Å². The molecule has 1 fully saturated rings. The van der Waals surface area contributed by atoms with E-state index in [2.05, 4.69) is 10.2 Å². The molecule has 1 atom stereocenters. The molecule has 8 heteroatoms. The number of fused-ring (bicyclic) bond motifs is 1. The van der Waals surface area contributed by atoms with E-state index < -0.39 is 15.2 Å². The van der Waals surface area contributed by atoms with Crippen molar-refractivity contribution in [3.63, 3.8) is 0 Å². The molecule has 0 amide bonds. The van der Waals surface area contributed by atoms with Crippen molar-refractivity contribution < 1.29 is 17.9 Å². The molecule has 168 valence electrons.